The first-order chi connectivity index (χ1) is 7.80. The summed E-state index contributed by atoms with van der Waals surface area (Å²) in [6.07, 6.45) is -4.60. The highest BCUT2D eigenvalue weighted by atomic mass is 19.4. The molecule has 0 atom stereocenters. The van der Waals surface area contributed by atoms with Gasteiger partial charge in [-0.25, -0.2) is 0 Å². The second-order valence-corrected chi connectivity index (χ2v) is 3.46. The minimum Gasteiger partial charge on any atom is -0.481 e. The molecule has 0 aliphatic carbocycles. The molecule has 17 heavy (non-hydrogen) atoms. The highest BCUT2D eigenvalue weighted by Crippen LogP contribution is 2.25. The number of halogens is 3. The van der Waals surface area contributed by atoms with Crippen LogP contribution in [0.25, 0.3) is 0 Å². The molecular weight excluding hydrogens is 237 g/mol. The monoisotopic (exact) mass is 248 g/mol. The maximum absolute atomic E-state index is 12.0. The Labute approximate surface area is 95.8 Å². The lowest BCUT2D eigenvalue weighted by atomic mass is 10.1. The molecule has 1 aromatic carbocycles. The molecule has 0 saturated heterocycles. The second kappa shape index (κ2) is 5.07. The molecule has 1 aromatic rings. The van der Waals surface area contributed by atoms with Gasteiger partial charge in [0.25, 0.3) is 0 Å². The summed E-state index contributed by atoms with van der Waals surface area (Å²) in [5, 5.41) is 8.59. The van der Waals surface area contributed by atoms with Crippen LogP contribution in [0.4, 0.5) is 13.2 Å². The quantitative estimate of drug-likeness (QED) is 0.891. The van der Waals surface area contributed by atoms with Gasteiger partial charge >= 0.3 is 12.3 Å². The van der Waals surface area contributed by atoms with Crippen LogP contribution < -0.4 is 4.74 Å². The number of carboxylic acids is 1. The van der Waals surface area contributed by atoms with Gasteiger partial charge in [-0.05, 0) is 29.7 Å². The first-order valence-electron chi connectivity index (χ1n) is 4.90. The number of aliphatic carboxylic acids is 1. The van der Waals surface area contributed by atoms with Gasteiger partial charge in [0.1, 0.15) is 5.75 Å². The van der Waals surface area contributed by atoms with Crippen molar-refractivity contribution < 1.29 is 27.8 Å². The van der Waals surface area contributed by atoms with E-state index in [9.17, 15) is 18.0 Å². The number of alkyl halides is 3. The zero-order valence-electron chi connectivity index (χ0n) is 9.04. The van der Waals surface area contributed by atoms with Gasteiger partial charge in [-0.1, -0.05) is 13.0 Å². The lowest BCUT2D eigenvalue weighted by molar-refractivity contribution is -0.274. The molecule has 1 N–H and O–H groups in total. The predicted molar refractivity (Wildman–Crippen MR) is 53.8 cm³/mol. The fourth-order valence-electron chi connectivity index (χ4n) is 1.40. The molecule has 0 amide bonds. The smallest absolute Gasteiger partial charge is 0.481 e. The summed E-state index contributed by atoms with van der Waals surface area (Å²) < 4.78 is 39.9. The highest BCUT2D eigenvalue weighted by molar-refractivity contribution is 5.70. The van der Waals surface area contributed by atoms with Gasteiger partial charge in [0.05, 0.1) is 6.42 Å². The summed E-state index contributed by atoms with van der Waals surface area (Å²) >= 11 is 0. The fraction of sp³-hybridized carbons (Fsp3) is 0.364. The number of hydrogen-bond acceptors (Lipinski definition) is 2. The van der Waals surface area contributed by atoms with Gasteiger partial charge in [0, 0.05) is 0 Å². The summed E-state index contributed by atoms with van der Waals surface area (Å²) in [5.41, 5.74) is 0.888. The van der Waals surface area contributed by atoms with Crippen LogP contribution >= 0.6 is 0 Å². The van der Waals surface area contributed by atoms with E-state index in [4.69, 9.17) is 5.11 Å². The van der Waals surface area contributed by atoms with Crippen molar-refractivity contribution in [1.29, 1.82) is 0 Å². The Morgan fingerprint density at radius 3 is 2.35 bits per heavy atom. The molecule has 94 valence electrons. The van der Waals surface area contributed by atoms with Crippen molar-refractivity contribution in [3.8, 4) is 5.75 Å². The van der Waals surface area contributed by atoms with Crippen LogP contribution in [0.2, 0.25) is 0 Å². The maximum Gasteiger partial charge on any atom is 0.573 e. The molecule has 1 rings (SSSR count). The third-order valence-electron chi connectivity index (χ3n) is 2.02. The summed E-state index contributed by atoms with van der Waals surface area (Å²) in [6, 6.07) is 3.89. The molecule has 3 nitrogen and oxygen atoms in total. The molecule has 0 unspecified atom stereocenters. The van der Waals surface area contributed by atoms with E-state index >= 15 is 0 Å². The third-order valence-corrected chi connectivity index (χ3v) is 2.02. The van der Waals surface area contributed by atoms with E-state index in [0.29, 0.717) is 12.0 Å². The number of carboxylic acid groups (broad SMARTS) is 1. The number of rotatable bonds is 4. The van der Waals surface area contributed by atoms with E-state index in [1.165, 1.54) is 6.07 Å². The molecule has 0 fully saturated rings. The number of aryl methyl sites for hydroxylation is 1. The van der Waals surface area contributed by atoms with Gasteiger partial charge in [0.15, 0.2) is 0 Å². The lowest BCUT2D eigenvalue weighted by Crippen LogP contribution is -2.17. The van der Waals surface area contributed by atoms with Crippen molar-refractivity contribution in [2.75, 3.05) is 0 Å². The lowest BCUT2D eigenvalue weighted by Gasteiger charge is -2.11. The van der Waals surface area contributed by atoms with Crippen LogP contribution in [-0.2, 0) is 17.6 Å². The Hall–Kier alpha value is -1.72. The number of carbonyl (C=O) groups is 1. The summed E-state index contributed by atoms with van der Waals surface area (Å²) in [4.78, 5) is 10.5. The van der Waals surface area contributed by atoms with Crippen molar-refractivity contribution in [2.24, 2.45) is 0 Å². The van der Waals surface area contributed by atoms with Crippen LogP contribution in [0.15, 0.2) is 18.2 Å². The number of ether oxygens (including phenoxy) is 1. The SMILES string of the molecule is CCc1cc(CC(=O)O)cc(OC(F)(F)F)c1. The maximum atomic E-state index is 12.0. The average molecular weight is 248 g/mol. The summed E-state index contributed by atoms with van der Waals surface area (Å²) in [7, 11) is 0. The van der Waals surface area contributed by atoms with Gasteiger partial charge in [-0.15, -0.1) is 13.2 Å². The molecule has 0 aliphatic rings. The van der Waals surface area contributed by atoms with E-state index in [1.54, 1.807) is 13.0 Å². The Kier molecular flexibility index (Phi) is 3.98. The number of hydrogen-bond donors (Lipinski definition) is 1. The molecular formula is C11H11F3O3. The standard InChI is InChI=1S/C11H11F3O3/c1-2-7-3-8(6-10(15)16)5-9(4-7)17-11(12,13)14/h3-5H,2,6H2,1H3,(H,15,16). The minimum atomic E-state index is -4.77. The van der Waals surface area contributed by atoms with E-state index in [-0.39, 0.29) is 17.7 Å². The minimum absolute atomic E-state index is 0.288. The van der Waals surface area contributed by atoms with Gasteiger partial charge in [0.2, 0.25) is 0 Å². The normalized spacial score (nSPS) is 11.3. The summed E-state index contributed by atoms with van der Waals surface area (Å²) in [6.45, 7) is 1.76. The van der Waals surface area contributed by atoms with Crippen molar-refractivity contribution in [2.45, 2.75) is 26.1 Å². The Morgan fingerprint density at radius 1 is 1.29 bits per heavy atom. The van der Waals surface area contributed by atoms with E-state index in [1.807, 2.05) is 0 Å². The molecule has 0 saturated carbocycles. The zero-order valence-corrected chi connectivity index (χ0v) is 9.04. The Balaban J connectivity index is 3.00. The Morgan fingerprint density at radius 2 is 1.88 bits per heavy atom. The highest BCUT2D eigenvalue weighted by Gasteiger charge is 2.31. The zero-order chi connectivity index (χ0) is 13.1. The molecule has 0 aromatic heterocycles. The average Bonchev–Trinajstić information content (AvgIpc) is 2.13. The van der Waals surface area contributed by atoms with Gasteiger partial charge in [-0.2, -0.15) is 0 Å². The van der Waals surface area contributed by atoms with Crippen molar-refractivity contribution >= 4 is 5.97 Å². The molecule has 0 heterocycles. The predicted octanol–water partition coefficient (Wildman–Crippen LogP) is 2.77. The van der Waals surface area contributed by atoms with Crippen molar-refractivity contribution in [1.82, 2.24) is 0 Å². The summed E-state index contributed by atoms with van der Waals surface area (Å²) in [5.74, 6) is -1.48. The number of benzene rings is 1. The topological polar surface area (TPSA) is 46.5 Å². The van der Waals surface area contributed by atoms with Crippen LogP contribution in [0.1, 0.15) is 18.1 Å². The van der Waals surface area contributed by atoms with Gasteiger partial charge in [-0.3, -0.25) is 4.79 Å². The van der Waals surface area contributed by atoms with Crippen molar-refractivity contribution in [3.63, 3.8) is 0 Å². The fourth-order valence-corrected chi connectivity index (χ4v) is 1.40. The van der Waals surface area contributed by atoms with Crippen LogP contribution in [0.5, 0.6) is 5.75 Å². The second-order valence-electron chi connectivity index (χ2n) is 3.46. The molecule has 0 bridgehead atoms. The van der Waals surface area contributed by atoms with E-state index in [2.05, 4.69) is 4.74 Å². The largest absolute Gasteiger partial charge is 0.573 e. The molecule has 0 radical (unpaired) electrons. The van der Waals surface area contributed by atoms with E-state index < -0.39 is 12.3 Å². The third kappa shape index (κ3) is 4.76. The molecule has 0 aliphatic heterocycles. The van der Waals surface area contributed by atoms with Crippen LogP contribution in [0.3, 0.4) is 0 Å². The molecule has 6 heteroatoms. The first-order valence-corrected chi connectivity index (χ1v) is 4.90. The Bertz CT molecular complexity index is 413. The van der Waals surface area contributed by atoms with E-state index in [0.717, 1.165) is 6.07 Å². The first kappa shape index (κ1) is 13.3. The van der Waals surface area contributed by atoms with Crippen molar-refractivity contribution in [3.05, 3.63) is 29.3 Å². The van der Waals surface area contributed by atoms with Crippen LogP contribution in [0, 0.1) is 0 Å². The van der Waals surface area contributed by atoms with Gasteiger partial charge < -0.3 is 9.84 Å². The van der Waals surface area contributed by atoms with Crippen LogP contribution in [-0.4, -0.2) is 17.4 Å². The molecule has 0 spiro atoms.